The average Bonchev–Trinajstić information content (AvgIpc) is 2.68. The molecule has 1 aliphatic rings. The van der Waals surface area contributed by atoms with E-state index in [4.69, 9.17) is 0 Å². The van der Waals surface area contributed by atoms with E-state index in [9.17, 15) is 5.11 Å². The van der Waals surface area contributed by atoms with Crippen LogP contribution in [0.5, 0.6) is 0 Å². The lowest BCUT2D eigenvalue weighted by Crippen LogP contribution is -2.42. The highest BCUT2D eigenvalue weighted by Crippen LogP contribution is 2.28. The number of halogens is 1. The van der Waals surface area contributed by atoms with Crippen molar-refractivity contribution in [1.29, 1.82) is 0 Å². The quantitative estimate of drug-likeness (QED) is 0.896. The van der Waals surface area contributed by atoms with Crippen molar-refractivity contribution in [3.05, 3.63) is 20.8 Å². The number of aliphatic hydroxyl groups is 1. The van der Waals surface area contributed by atoms with Crippen molar-refractivity contribution in [2.24, 2.45) is 0 Å². The maximum atomic E-state index is 9.90. The zero-order valence-corrected chi connectivity index (χ0v) is 11.9. The van der Waals surface area contributed by atoms with E-state index in [1.807, 2.05) is 0 Å². The predicted octanol–water partition coefficient (Wildman–Crippen LogP) is 3.46. The standard InChI is InChI=1S/C12H18BrNOS/c1-8(11-6-7-12(13)16-11)14-9-4-2-3-5-10(9)15/h6-10,14-15H,2-5H2,1H3. The summed E-state index contributed by atoms with van der Waals surface area (Å²) in [4.78, 5) is 1.32. The van der Waals surface area contributed by atoms with Gasteiger partial charge in [0.05, 0.1) is 9.89 Å². The molecule has 4 heteroatoms. The van der Waals surface area contributed by atoms with Crippen LogP contribution in [0.25, 0.3) is 0 Å². The van der Waals surface area contributed by atoms with Crippen LogP contribution in [0.3, 0.4) is 0 Å². The normalized spacial score (nSPS) is 27.9. The number of nitrogens with one attached hydrogen (secondary N) is 1. The molecule has 0 aromatic carbocycles. The van der Waals surface area contributed by atoms with E-state index in [1.54, 1.807) is 11.3 Å². The molecule has 3 unspecified atom stereocenters. The lowest BCUT2D eigenvalue weighted by Gasteiger charge is -2.30. The molecule has 2 nitrogen and oxygen atoms in total. The zero-order valence-electron chi connectivity index (χ0n) is 9.45. The largest absolute Gasteiger partial charge is 0.392 e. The van der Waals surface area contributed by atoms with Gasteiger partial charge in [-0.15, -0.1) is 11.3 Å². The minimum absolute atomic E-state index is 0.167. The summed E-state index contributed by atoms with van der Waals surface area (Å²) >= 11 is 5.24. The molecule has 0 spiro atoms. The molecule has 0 radical (unpaired) electrons. The van der Waals surface area contributed by atoms with Crippen LogP contribution in [0.4, 0.5) is 0 Å². The van der Waals surface area contributed by atoms with Crippen LogP contribution < -0.4 is 5.32 Å². The second-order valence-corrected chi connectivity index (χ2v) is 6.98. The summed E-state index contributed by atoms with van der Waals surface area (Å²) in [6.07, 6.45) is 4.27. The highest BCUT2D eigenvalue weighted by atomic mass is 79.9. The van der Waals surface area contributed by atoms with Gasteiger partial charge >= 0.3 is 0 Å². The van der Waals surface area contributed by atoms with Gasteiger partial charge in [0.25, 0.3) is 0 Å². The summed E-state index contributed by atoms with van der Waals surface area (Å²) in [5.41, 5.74) is 0. The molecule has 0 aliphatic heterocycles. The second kappa shape index (κ2) is 5.63. The van der Waals surface area contributed by atoms with E-state index < -0.39 is 0 Å². The van der Waals surface area contributed by atoms with Crippen LogP contribution in [-0.4, -0.2) is 17.3 Å². The lowest BCUT2D eigenvalue weighted by atomic mass is 9.92. The third-order valence-corrected chi connectivity index (χ3v) is 5.02. The van der Waals surface area contributed by atoms with Crippen molar-refractivity contribution in [1.82, 2.24) is 5.32 Å². The highest BCUT2D eigenvalue weighted by molar-refractivity contribution is 9.11. The Balaban J connectivity index is 1.93. The molecule has 1 aromatic rings. The van der Waals surface area contributed by atoms with E-state index in [2.05, 4.69) is 40.3 Å². The molecule has 2 rings (SSSR count). The van der Waals surface area contributed by atoms with Crippen molar-refractivity contribution in [3.63, 3.8) is 0 Å². The lowest BCUT2D eigenvalue weighted by molar-refractivity contribution is 0.0862. The van der Waals surface area contributed by atoms with Crippen LogP contribution in [0.2, 0.25) is 0 Å². The number of hydrogen-bond acceptors (Lipinski definition) is 3. The van der Waals surface area contributed by atoms with Gasteiger partial charge in [0.1, 0.15) is 0 Å². The Morgan fingerprint density at radius 3 is 2.81 bits per heavy atom. The van der Waals surface area contributed by atoms with Crippen molar-refractivity contribution >= 4 is 27.3 Å². The predicted molar refractivity (Wildman–Crippen MR) is 71.8 cm³/mol. The fraction of sp³-hybridized carbons (Fsp3) is 0.667. The maximum absolute atomic E-state index is 9.90. The fourth-order valence-electron chi connectivity index (χ4n) is 2.27. The van der Waals surface area contributed by atoms with Crippen LogP contribution in [0.15, 0.2) is 15.9 Å². The molecule has 0 bridgehead atoms. The summed E-state index contributed by atoms with van der Waals surface area (Å²) < 4.78 is 1.17. The third-order valence-electron chi connectivity index (χ3n) is 3.21. The summed E-state index contributed by atoms with van der Waals surface area (Å²) in [6.45, 7) is 2.17. The van der Waals surface area contributed by atoms with Gasteiger partial charge in [-0.1, -0.05) is 12.8 Å². The second-order valence-electron chi connectivity index (χ2n) is 4.49. The number of hydrogen-bond donors (Lipinski definition) is 2. The van der Waals surface area contributed by atoms with Gasteiger partial charge in [-0.05, 0) is 47.8 Å². The first kappa shape index (κ1) is 12.6. The minimum atomic E-state index is -0.167. The van der Waals surface area contributed by atoms with Crippen LogP contribution >= 0.6 is 27.3 Å². The Labute approximate surface area is 109 Å². The first-order chi connectivity index (χ1) is 7.66. The van der Waals surface area contributed by atoms with Crippen LogP contribution in [-0.2, 0) is 0 Å². The molecule has 1 heterocycles. The van der Waals surface area contributed by atoms with E-state index in [-0.39, 0.29) is 12.1 Å². The highest BCUT2D eigenvalue weighted by Gasteiger charge is 2.24. The van der Waals surface area contributed by atoms with Gasteiger partial charge in [0.2, 0.25) is 0 Å². The Kier molecular flexibility index (Phi) is 4.41. The maximum Gasteiger partial charge on any atom is 0.0701 e. The molecule has 2 N–H and O–H groups in total. The monoisotopic (exact) mass is 303 g/mol. The summed E-state index contributed by atoms with van der Waals surface area (Å²) in [5, 5.41) is 13.4. The minimum Gasteiger partial charge on any atom is -0.392 e. The zero-order chi connectivity index (χ0) is 11.5. The van der Waals surface area contributed by atoms with E-state index >= 15 is 0 Å². The van der Waals surface area contributed by atoms with Gasteiger partial charge in [0.15, 0.2) is 0 Å². The Hall–Kier alpha value is 0.1000. The Morgan fingerprint density at radius 2 is 2.19 bits per heavy atom. The molecular formula is C12H18BrNOS. The van der Waals surface area contributed by atoms with Gasteiger partial charge in [-0.25, -0.2) is 0 Å². The summed E-state index contributed by atoms with van der Waals surface area (Å²) in [6, 6.07) is 4.82. The van der Waals surface area contributed by atoms with Crippen molar-refractivity contribution < 1.29 is 5.11 Å². The molecule has 3 atom stereocenters. The molecule has 0 saturated heterocycles. The summed E-state index contributed by atoms with van der Waals surface area (Å²) in [5.74, 6) is 0. The fourth-order valence-corrected chi connectivity index (χ4v) is 3.71. The molecule has 1 saturated carbocycles. The average molecular weight is 304 g/mol. The van der Waals surface area contributed by atoms with Crippen LogP contribution in [0, 0.1) is 0 Å². The Bertz CT molecular complexity index is 342. The smallest absolute Gasteiger partial charge is 0.0701 e. The molecule has 90 valence electrons. The van der Waals surface area contributed by atoms with E-state index in [0.29, 0.717) is 6.04 Å². The van der Waals surface area contributed by atoms with Gasteiger partial charge in [-0.2, -0.15) is 0 Å². The molecule has 0 amide bonds. The van der Waals surface area contributed by atoms with Gasteiger partial charge in [0, 0.05) is 17.0 Å². The number of aliphatic hydroxyl groups excluding tert-OH is 1. The third kappa shape index (κ3) is 3.06. The number of thiophene rings is 1. The van der Waals surface area contributed by atoms with Crippen LogP contribution in [0.1, 0.15) is 43.5 Å². The molecular weight excluding hydrogens is 286 g/mol. The first-order valence-corrected chi connectivity index (χ1v) is 7.47. The van der Waals surface area contributed by atoms with Crippen molar-refractivity contribution in [2.75, 3.05) is 0 Å². The Morgan fingerprint density at radius 1 is 1.44 bits per heavy atom. The van der Waals surface area contributed by atoms with Gasteiger partial charge in [-0.3, -0.25) is 0 Å². The van der Waals surface area contributed by atoms with E-state index in [1.165, 1.54) is 15.1 Å². The topological polar surface area (TPSA) is 32.3 Å². The van der Waals surface area contributed by atoms with Crippen molar-refractivity contribution in [3.8, 4) is 0 Å². The number of rotatable bonds is 3. The molecule has 16 heavy (non-hydrogen) atoms. The van der Waals surface area contributed by atoms with Crippen molar-refractivity contribution in [2.45, 2.75) is 50.8 Å². The van der Waals surface area contributed by atoms with E-state index in [0.717, 1.165) is 19.3 Å². The molecule has 1 fully saturated rings. The first-order valence-electron chi connectivity index (χ1n) is 5.86. The van der Waals surface area contributed by atoms with Gasteiger partial charge < -0.3 is 10.4 Å². The molecule has 1 aliphatic carbocycles. The summed E-state index contributed by atoms with van der Waals surface area (Å²) in [7, 11) is 0. The SMILES string of the molecule is CC(NC1CCCCC1O)c1ccc(Br)s1. The molecule has 1 aromatic heterocycles.